The van der Waals surface area contributed by atoms with Crippen LogP contribution >= 0.6 is 0 Å². The molecular weight excluding hydrogens is 527 g/mol. The van der Waals surface area contributed by atoms with Gasteiger partial charge < -0.3 is 9.47 Å². The molecule has 0 saturated heterocycles. The van der Waals surface area contributed by atoms with Crippen molar-refractivity contribution in [1.82, 2.24) is 0 Å². The van der Waals surface area contributed by atoms with E-state index in [1.54, 1.807) is 0 Å². The Hall–Kier alpha value is -1.31. The quantitative estimate of drug-likeness (QED) is 0.228. The normalized spacial score (nSPS) is 17.8. The fourth-order valence-electron chi connectivity index (χ4n) is 1.79. The number of hydrogen-bond donors (Lipinski definition) is 0. The summed E-state index contributed by atoms with van der Waals surface area (Å²) in [6.45, 7) is 1.07. The number of halogens is 17. The molecular formula is C13H11F17O3. The number of ether oxygens (including phenoxy) is 3. The highest BCUT2D eigenvalue weighted by atomic mass is 19.4. The van der Waals surface area contributed by atoms with Gasteiger partial charge in [0.15, 0.2) is 12.6 Å². The predicted octanol–water partition coefficient (Wildman–Crippen LogP) is 6.32. The van der Waals surface area contributed by atoms with E-state index in [4.69, 9.17) is 0 Å². The van der Waals surface area contributed by atoms with Crippen LogP contribution in [0.25, 0.3) is 0 Å². The Bertz CT molecular complexity index is 672. The van der Waals surface area contributed by atoms with E-state index >= 15 is 0 Å². The van der Waals surface area contributed by atoms with Crippen LogP contribution in [0.3, 0.4) is 0 Å². The van der Waals surface area contributed by atoms with Crippen molar-refractivity contribution >= 4 is 0 Å². The molecule has 0 N–H and O–H groups in total. The molecule has 20 heteroatoms. The summed E-state index contributed by atoms with van der Waals surface area (Å²) >= 11 is 0. The van der Waals surface area contributed by atoms with Gasteiger partial charge in [-0.05, 0) is 13.8 Å². The minimum Gasteiger partial charge on any atom is -0.356 e. The average molecular weight is 538 g/mol. The Morgan fingerprint density at radius 3 is 1.06 bits per heavy atom. The molecule has 0 fully saturated rings. The van der Waals surface area contributed by atoms with Crippen molar-refractivity contribution in [3.05, 3.63) is 0 Å². The zero-order valence-electron chi connectivity index (χ0n) is 15.8. The molecule has 2 unspecified atom stereocenters. The maximum Gasteiger partial charge on any atom is 0.460 e. The lowest BCUT2D eigenvalue weighted by Crippen LogP contribution is -2.74. The summed E-state index contributed by atoms with van der Waals surface area (Å²) < 4.78 is 233. The van der Waals surface area contributed by atoms with E-state index in [-0.39, 0.29) is 6.92 Å². The van der Waals surface area contributed by atoms with Gasteiger partial charge in [-0.25, -0.2) is 0 Å². The van der Waals surface area contributed by atoms with E-state index in [0.29, 0.717) is 0 Å². The van der Waals surface area contributed by atoms with Crippen LogP contribution in [0, 0.1) is 0 Å². The van der Waals surface area contributed by atoms with Gasteiger partial charge in [-0.15, -0.1) is 0 Å². The largest absolute Gasteiger partial charge is 0.460 e. The fourth-order valence-corrected chi connectivity index (χ4v) is 1.79. The number of rotatable bonds is 11. The topological polar surface area (TPSA) is 27.7 Å². The van der Waals surface area contributed by atoms with Crippen LogP contribution in [0.5, 0.6) is 0 Å². The van der Waals surface area contributed by atoms with Gasteiger partial charge in [0, 0.05) is 7.11 Å². The summed E-state index contributed by atoms with van der Waals surface area (Å²) in [5.74, 6) is -50.4. The zero-order valence-corrected chi connectivity index (χ0v) is 15.8. The maximum atomic E-state index is 13.5. The van der Waals surface area contributed by atoms with Crippen LogP contribution in [0.15, 0.2) is 0 Å². The molecule has 0 bridgehead atoms. The van der Waals surface area contributed by atoms with Crippen molar-refractivity contribution in [2.24, 2.45) is 0 Å². The summed E-state index contributed by atoms with van der Waals surface area (Å²) in [5.41, 5.74) is 0. The standard InChI is InChI=1S/C13H11F17O3/c1-4(31-3)32-5(2)33-13(29,30)11(24,25)9(20,21)7(16,17)6(14,15)8(18,19)10(22,23)12(26,27)28/h4-5H,1-3H3. The summed E-state index contributed by atoms with van der Waals surface area (Å²) in [7, 11) is 0.803. The first kappa shape index (κ1) is 31.7. The van der Waals surface area contributed by atoms with E-state index in [9.17, 15) is 74.6 Å². The van der Waals surface area contributed by atoms with Gasteiger partial charge in [0.05, 0.1) is 0 Å². The molecule has 0 heterocycles. The first-order valence-corrected chi connectivity index (χ1v) is 7.67. The van der Waals surface area contributed by atoms with Crippen molar-refractivity contribution in [2.45, 2.75) is 74.2 Å². The van der Waals surface area contributed by atoms with E-state index in [1.807, 2.05) is 0 Å². The minimum absolute atomic E-state index is 0.225. The molecule has 0 aromatic rings. The van der Waals surface area contributed by atoms with E-state index in [2.05, 4.69) is 14.2 Å². The van der Waals surface area contributed by atoms with E-state index in [1.165, 1.54) is 0 Å². The lowest BCUT2D eigenvalue weighted by molar-refractivity contribution is -0.486. The van der Waals surface area contributed by atoms with Gasteiger partial charge in [-0.1, -0.05) is 0 Å². The highest BCUT2D eigenvalue weighted by Gasteiger charge is 2.95. The smallest absolute Gasteiger partial charge is 0.356 e. The Morgan fingerprint density at radius 2 is 0.758 bits per heavy atom. The molecule has 0 saturated carbocycles. The highest BCUT2D eigenvalue weighted by molar-refractivity contribution is 5.14. The first-order chi connectivity index (χ1) is 14.1. The lowest BCUT2D eigenvalue weighted by Gasteiger charge is -2.42. The molecule has 33 heavy (non-hydrogen) atoms. The van der Waals surface area contributed by atoms with Crippen molar-refractivity contribution in [2.75, 3.05) is 7.11 Å². The van der Waals surface area contributed by atoms with Crippen LogP contribution in [-0.4, -0.2) is 67.5 Å². The Balaban J connectivity index is 6.47. The van der Waals surface area contributed by atoms with Crippen LogP contribution in [0.2, 0.25) is 0 Å². The van der Waals surface area contributed by atoms with Gasteiger partial charge >= 0.3 is 47.8 Å². The van der Waals surface area contributed by atoms with E-state index in [0.717, 1.165) is 14.0 Å². The molecule has 0 aromatic carbocycles. The Morgan fingerprint density at radius 1 is 0.455 bits per heavy atom. The summed E-state index contributed by atoms with van der Waals surface area (Å²) in [6, 6.07) is 0. The van der Waals surface area contributed by atoms with Gasteiger partial charge in [0.2, 0.25) is 0 Å². The predicted molar refractivity (Wildman–Crippen MR) is 68.8 cm³/mol. The second-order valence-corrected chi connectivity index (χ2v) is 6.09. The molecule has 0 rings (SSSR count). The third-order valence-electron chi connectivity index (χ3n) is 3.72. The Labute approximate surface area is 171 Å². The third-order valence-corrected chi connectivity index (χ3v) is 3.72. The molecule has 2 atom stereocenters. The van der Waals surface area contributed by atoms with Crippen LogP contribution in [-0.2, 0) is 14.2 Å². The molecule has 0 aliphatic heterocycles. The molecule has 0 aliphatic rings. The van der Waals surface area contributed by atoms with Gasteiger partial charge in [0.1, 0.15) is 0 Å². The molecule has 200 valence electrons. The highest BCUT2D eigenvalue weighted by Crippen LogP contribution is 2.64. The van der Waals surface area contributed by atoms with Gasteiger partial charge in [-0.3, -0.25) is 4.74 Å². The van der Waals surface area contributed by atoms with Crippen LogP contribution in [0.4, 0.5) is 74.6 Å². The average Bonchev–Trinajstić information content (AvgIpc) is 2.58. The SMILES string of the molecule is COC(C)OC(C)OC(F)(F)C(F)(F)C(F)(F)C(F)(F)C(F)(F)C(F)(F)C(F)(F)C(F)(F)F. The lowest BCUT2D eigenvalue weighted by atomic mass is 9.90. The third kappa shape index (κ3) is 4.78. The summed E-state index contributed by atoms with van der Waals surface area (Å²) in [6.07, 6.45) is -19.2. The van der Waals surface area contributed by atoms with Crippen molar-refractivity contribution in [1.29, 1.82) is 0 Å². The second kappa shape index (κ2) is 8.72. The molecule has 0 amide bonds. The van der Waals surface area contributed by atoms with Crippen LogP contribution < -0.4 is 0 Å². The Kier molecular flexibility index (Phi) is 8.38. The van der Waals surface area contributed by atoms with Gasteiger partial charge in [-0.2, -0.15) is 74.6 Å². The summed E-state index contributed by atoms with van der Waals surface area (Å²) in [4.78, 5) is 0. The minimum atomic E-state index is -8.69. The molecule has 0 spiro atoms. The maximum absolute atomic E-state index is 13.5. The van der Waals surface area contributed by atoms with Crippen molar-refractivity contribution < 1.29 is 88.8 Å². The second-order valence-electron chi connectivity index (χ2n) is 6.09. The molecule has 0 aromatic heterocycles. The summed E-state index contributed by atoms with van der Waals surface area (Å²) in [5, 5.41) is 0. The number of hydrogen-bond acceptors (Lipinski definition) is 3. The fraction of sp³-hybridized carbons (Fsp3) is 1.00. The zero-order chi connectivity index (χ0) is 27.3. The monoisotopic (exact) mass is 538 g/mol. The number of alkyl halides is 17. The molecule has 3 nitrogen and oxygen atoms in total. The first-order valence-electron chi connectivity index (χ1n) is 7.67. The van der Waals surface area contributed by atoms with Crippen molar-refractivity contribution in [3.63, 3.8) is 0 Å². The van der Waals surface area contributed by atoms with Crippen molar-refractivity contribution in [3.8, 4) is 0 Å². The molecule has 0 aliphatic carbocycles. The van der Waals surface area contributed by atoms with E-state index < -0.39 is 60.4 Å². The molecule has 0 radical (unpaired) electrons. The van der Waals surface area contributed by atoms with Gasteiger partial charge in [0.25, 0.3) is 0 Å². The number of methoxy groups -OCH3 is 1. The van der Waals surface area contributed by atoms with Crippen LogP contribution in [0.1, 0.15) is 13.8 Å².